The minimum absolute atomic E-state index is 0.0227. The molecule has 4 rings (SSSR count). The number of carbonyl (C=O) groups is 1. The van der Waals surface area contributed by atoms with Crippen LogP contribution in [0.2, 0.25) is 41.3 Å². The first-order chi connectivity index (χ1) is 25.6. The van der Waals surface area contributed by atoms with E-state index in [1.54, 1.807) is 0 Å². The second-order valence-corrected chi connectivity index (χ2v) is 31.3. The summed E-state index contributed by atoms with van der Waals surface area (Å²) in [6.45, 7) is 25.6. The Morgan fingerprint density at radius 3 is 1.78 bits per heavy atom. The third-order valence-electron chi connectivity index (χ3n) is 13.4. The number of hydrogen-bond acceptors (Lipinski definition) is 6. The van der Waals surface area contributed by atoms with Crippen LogP contribution >= 0.6 is 0 Å². The predicted molar refractivity (Wildman–Crippen MR) is 230 cm³/mol. The summed E-state index contributed by atoms with van der Waals surface area (Å²) < 4.78 is 36.3. The molecular weight excluding hydrogens is 725 g/mol. The molecule has 1 N–H and O–H groups in total. The van der Waals surface area contributed by atoms with E-state index in [1.165, 1.54) is 10.4 Å². The van der Waals surface area contributed by atoms with Crippen LogP contribution in [-0.2, 0) is 27.5 Å². The molecule has 0 radical (unpaired) electrons. The van der Waals surface area contributed by atoms with E-state index >= 15 is 0 Å². The quantitative estimate of drug-likeness (QED) is 0.112. The van der Waals surface area contributed by atoms with Crippen molar-refractivity contribution in [2.75, 3.05) is 6.61 Å². The SMILES string of the molecule is CC[Si](CC)(CC)O[C@H]1[C@@H](O[Si](CC)(CC)CC)C[C@@]2(C)O[C@@H](CCCO[Si](c3ccccc3)(c3ccccc3)C(C)(C)C)[C@@H](C)C[C@@H]2O[C@@H]1CC(=O)O. The van der Waals surface area contributed by atoms with Gasteiger partial charge in [0, 0.05) is 13.0 Å². The van der Waals surface area contributed by atoms with Gasteiger partial charge >= 0.3 is 5.97 Å². The highest BCUT2D eigenvalue weighted by Crippen LogP contribution is 2.46. The molecule has 54 heavy (non-hydrogen) atoms. The molecule has 0 spiro atoms. The molecule has 2 aromatic rings. The van der Waals surface area contributed by atoms with Crippen molar-refractivity contribution in [3.8, 4) is 0 Å². The van der Waals surface area contributed by atoms with E-state index in [-0.39, 0.29) is 35.7 Å². The van der Waals surface area contributed by atoms with Crippen LogP contribution in [0.4, 0.5) is 0 Å². The molecule has 304 valence electrons. The predicted octanol–water partition coefficient (Wildman–Crippen LogP) is 9.94. The summed E-state index contributed by atoms with van der Waals surface area (Å²) in [5.41, 5.74) is -0.639. The maximum absolute atomic E-state index is 12.5. The number of hydrogen-bond donors (Lipinski definition) is 1. The monoisotopic (exact) mass is 798 g/mol. The lowest BCUT2D eigenvalue weighted by Gasteiger charge is -2.48. The van der Waals surface area contributed by atoms with Crippen molar-refractivity contribution in [1.82, 2.24) is 0 Å². The van der Waals surface area contributed by atoms with E-state index in [0.717, 1.165) is 55.5 Å². The number of rotatable bonds is 19. The highest BCUT2D eigenvalue weighted by atomic mass is 28.4. The lowest BCUT2D eigenvalue weighted by molar-refractivity contribution is -0.226. The number of carboxylic acid groups (broad SMARTS) is 1. The van der Waals surface area contributed by atoms with E-state index in [1.807, 2.05) is 0 Å². The van der Waals surface area contributed by atoms with Crippen molar-refractivity contribution in [2.24, 2.45) is 5.92 Å². The highest BCUT2D eigenvalue weighted by molar-refractivity contribution is 6.99. The van der Waals surface area contributed by atoms with Gasteiger partial charge in [0.05, 0.1) is 42.5 Å². The summed E-state index contributed by atoms with van der Waals surface area (Å²) in [6, 6.07) is 27.7. The minimum Gasteiger partial charge on any atom is -0.481 e. The van der Waals surface area contributed by atoms with Crippen molar-refractivity contribution in [1.29, 1.82) is 0 Å². The minimum atomic E-state index is -2.64. The zero-order chi connectivity index (χ0) is 39.8. The van der Waals surface area contributed by atoms with E-state index in [2.05, 4.69) is 137 Å². The molecule has 2 fully saturated rings. The van der Waals surface area contributed by atoms with Gasteiger partial charge in [0.2, 0.25) is 0 Å². The molecule has 2 aliphatic heterocycles. The van der Waals surface area contributed by atoms with Gasteiger partial charge in [0.1, 0.15) is 0 Å². The zero-order valence-corrected chi connectivity index (χ0v) is 38.6. The second kappa shape index (κ2) is 19.2. The van der Waals surface area contributed by atoms with Crippen LogP contribution in [0, 0.1) is 5.92 Å². The first-order valence-corrected chi connectivity index (χ1v) is 28.2. The maximum Gasteiger partial charge on any atom is 0.306 e. The summed E-state index contributed by atoms with van der Waals surface area (Å²) in [4.78, 5) is 12.5. The van der Waals surface area contributed by atoms with Gasteiger partial charge in [-0.25, -0.2) is 0 Å². The molecule has 2 aliphatic rings. The Hall–Kier alpha value is -1.64. The van der Waals surface area contributed by atoms with Crippen molar-refractivity contribution in [3.63, 3.8) is 0 Å². The van der Waals surface area contributed by atoms with Gasteiger partial charge < -0.3 is 27.9 Å². The second-order valence-electron chi connectivity index (χ2n) is 17.5. The Bertz CT molecular complexity index is 1370. The largest absolute Gasteiger partial charge is 0.481 e. The van der Waals surface area contributed by atoms with Crippen LogP contribution in [-0.4, -0.2) is 78.8 Å². The van der Waals surface area contributed by atoms with Gasteiger partial charge in [-0.3, -0.25) is 4.79 Å². The number of carboxylic acids is 1. The van der Waals surface area contributed by atoms with Crippen molar-refractivity contribution >= 4 is 41.3 Å². The standard InChI is InChI=1S/C44H74O7Si3/c1-12-52(13-2,14-3)50-39-33-44(11)40(48-38(32-41(45)46)42(39)51-53(15-4,16-5)17-6)31-34(7)37(49-44)29-24-30-47-54(43(8,9)10,35-25-20-18-21-26-35)36-27-22-19-23-28-36/h18-23,25-28,34,37-40,42H,12-17,24,29-33H2,1-11H3,(H,45,46)/t34-,37-,38+,39-,40-,42+,44+/m0/s1. The Kier molecular flexibility index (Phi) is 16.0. The molecule has 10 heteroatoms. The number of aliphatic carboxylic acids is 1. The number of ether oxygens (including phenoxy) is 2. The van der Waals surface area contributed by atoms with Crippen LogP contribution in [0.15, 0.2) is 60.7 Å². The normalized spacial score (nSPS) is 26.9. The molecule has 0 aliphatic carbocycles. The summed E-state index contributed by atoms with van der Waals surface area (Å²) in [5.74, 6) is -0.620. The van der Waals surface area contributed by atoms with E-state index in [4.69, 9.17) is 22.8 Å². The van der Waals surface area contributed by atoms with Crippen LogP contribution in [0.3, 0.4) is 0 Å². The average Bonchev–Trinajstić information content (AvgIpc) is 3.25. The highest BCUT2D eigenvalue weighted by Gasteiger charge is 2.55. The molecule has 0 unspecified atom stereocenters. The molecule has 0 bridgehead atoms. The summed E-state index contributed by atoms with van der Waals surface area (Å²) in [6.07, 6.45) is 1.54. The lowest BCUT2D eigenvalue weighted by atomic mass is 9.80. The third-order valence-corrected chi connectivity index (χ3v) is 27.7. The summed E-state index contributed by atoms with van der Waals surface area (Å²) >= 11 is 0. The Morgan fingerprint density at radius 1 is 0.815 bits per heavy atom. The van der Waals surface area contributed by atoms with E-state index < -0.39 is 48.7 Å². The van der Waals surface area contributed by atoms with Gasteiger partial charge in [-0.05, 0) is 83.8 Å². The molecule has 7 atom stereocenters. The fourth-order valence-electron chi connectivity index (χ4n) is 9.52. The summed E-state index contributed by atoms with van der Waals surface area (Å²) in [5, 5.41) is 12.7. The first-order valence-electron chi connectivity index (χ1n) is 21.3. The zero-order valence-electron chi connectivity index (χ0n) is 35.6. The van der Waals surface area contributed by atoms with Gasteiger partial charge in [-0.2, -0.15) is 0 Å². The Labute approximate surface area is 331 Å². The number of benzene rings is 2. The fraction of sp³-hybridized carbons (Fsp3) is 0.705. The van der Waals surface area contributed by atoms with Crippen LogP contribution in [0.5, 0.6) is 0 Å². The maximum atomic E-state index is 12.5. The molecule has 2 saturated heterocycles. The molecule has 7 nitrogen and oxygen atoms in total. The Balaban J connectivity index is 1.63. The molecule has 2 heterocycles. The topological polar surface area (TPSA) is 83.5 Å². The van der Waals surface area contributed by atoms with Gasteiger partial charge in [-0.1, -0.05) is 130 Å². The molecule has 2 aromatic carbocycles. The van der Waals surface area contributed by atoms with Crippen molar-refractivity contribution < 1.29 is 32.7 Å². The van der Waals surface area contributed by atoms with E-state index in [9.17, 15) is 9.90 Å². The van der Waals surface area contributed by atoms with Crippen LogP contribution < -0.4 is 10.4 Å². The van der Waals surface area contributed by atoms with Gasteiger partial charge in [0.25, 0.3) is 8.32 Å². The van der Waals surface area contributed by atoms with E-state index in [0.29, 0.717) is 13.0 Å². The smallest absolute Gasteiger partial charge is 0.306 e. The number of fused-ring (bicyclic) bond motifs is 1. The molecule has 0 amide bonds. The fourth-order valence-corrected chi connectivity index (χ4v) is 19.9. The lowest BCUT2D eigenvalue weighted by Crippen LogP contribution is -2.66. The first kappa shape index (κ1) is 45.1. The van der Waals surface area contributed by atoms with Crippen molar-refractivity contribution in [2.45, 2.75) is 186 Å². The van der Waals surface area contributed by atoms with Gasteiger partial charge in [0.15, 0.2) is 16.6 Å². The van der Waals surface area contributed by atoms with Gasteiger partial charge in [-0.15, -0.1) is 0 Å². The van der Waals surface area contributed by atoms with Crippen LogP contribution in [0.25, 0.3) is 0 Å². The molecular formula is C44H74O7Si3. The van der Waals surface area contributed by atoms with Crippen LogP contribution in [0.1, 0.15) is 108 Å². The molecule has 0 aromatic heterocycles. The Morgan fingerprint density at radius 2 is 1.31 bits per heavy atom. The molecule has 0 saturated carbocycles. The average molecular weight is 799 g/mol. The summed E-state index contributed by atoms with van der Waals surface area (Å²) in [7, 11) is -6.91. The third kappa shape index (κ3) is 9.89. The van der Waals surface area contributed by atoms with Crippen molar-refractivity contribution in [3.05, 3.63) is 60.7 Å².